The van der Waals surface area contributed by atoms with E-state index in [9.17, 15) is 0 Å². The van der Waals surface area contributed by atoms with E-state index in [0.29, 0.717) is 0 Å². The average molecular weight is 235 g/mol. The van der Waals surface area contributed by atoms with E-state index in [2.05, 4.69) is 29.9 Å². The highest BCUT2D eigenvalue weighted by molar-refractivity contribution is 5.07. The molecule has 0 amide bonds. The highest BCUT2D eigenvalue weighted by Gasteiger charge is 2.03. The lowest BCUT2D eigenvalue weighted by molar-refractivity contribution is 0.306. The molecule has 2 N–H and O–H groups in total. The number of nitrogens with two attached hydrogens (primary N) is 1. The van der Waals surface area contributed by atoms with E-state index in [1.54, 1.807) is 0 Å². The molecule has 0 fully saturated rings. The smallest absolute Gasteiger partial charge is 0.0312 e. The molecule has 17 heavy (non-hydrogen) atoms. The molecule has 1 aromatic heterocycles. The lowest BCUT2D eigenvalue weighted by atomic mass is 10.0. The third-order valence-electron chi connectivity index (χ3n) is 3.07. The number of hydrogen-bond donors (Lipinski definition) is 1. The molecule has 0 aromatic carbocycles. The van der Waals surface area contributed by atoms with Crippen LogP contribution in [-0.2, 0) is 6.54 Å². The van der Waals surface area contributed by atoms with Gasteiger partial charge in [-0.05, 0) is 56.9 Å². The minimum atomic E-state index is 0.756. The Morgan fingerprint density at radius 1 is 1.41 bits per heavy atom. The van der Waals surface area contributed by atoms with Gasteiger partial charge in [-0.25, -0.2) is 0 Å². The summed E-state index contributed by atoms with van der Waals surface area (Å²) in [5.74, 6) is 0.756. The van der Waals surface area contributed by atoms with Gasteiger partial charge in [-0.1, -0.05) is 13.0 Å². The molecule has 0 aliphatic carbocycles. The van der Waals surface area contributed by atoms with Gasteiger partial charge in [0.05, 0.1) is 0 Å². The van der Waals surface area contributed by atoms with Gasteiger partial charge in [0.2, 0.25) is 0 Å². The summed E-state index contributed by atoms with van der Waals surface area (Å²) in [5, 5.41) is 0. The third kappa shape index (κ3) is 6.39. The summed E-state index contributed by atoms with van der Waals surface area (Å²) in [4.78, 5) is 6.48. The first-order valence-electron chi connectivity index (χ1n) is 6.50. The van der Waals surface area contributed by atoms with Gasteiger partial charge in [0, 0.05) is 18.9 Å². The molecule has 3 nitrogen and oxygen atoms in total. The normalized spacial score (nSPS) is 12.9. The maximum absolute atomic E-state index is 5.55. The molecule has 1 aromatic rings. The van der Waals surface area contributed by atoms with Crippen molar-refractivity contribution in [3.05, 3.63) is 30.1 Å². The van der Waals surface area contributed by atoms with Crippen molar-refractivity contribution in [2.24, 2.45) is 11.7 Å². The fraction of sp³-hybridized carbons (Fsp3) is 0.643. The summed E-state index contributed by atoms with van der Waals surface area (Å²) in [6, 6.07) is 4.12. The Hall–Kier alpha value is -0.930. The Bertz CT molecular complexity index is 287. The van der Waals surface area contributed by atoms with Crippen molar-refractivity contribution in [1.29, 1.82) is 0 Å². The lowest BCUT2D eigenvalue weighted by Gasteiger charge is -2.17. The van der Waals surface area contributed by atoms with E-state index in [-0.39, 0.29) is 0 Å². The largest absolute Gasteiger partial charge is 0.330 e. The topological polar surface area (TPSA) is 42.1 Å². The van der Waals surface area contributed by atoms with Crippen LogP contribution in [0.15, 0.2) is 24.5 Å². The summed E-state index contributed by atoms with van der Waals surface area (Å²) >= 11 is 0. The zero-order valence-corrected chi connectivity index (χ0v) is 11.1. The van der Waals surface area contributed by atoms with Gasteiger partial charge in [-0.2, -0.15) is 0 Å². The number of hydrogen-bond acceptors (Lipinski definition) is 3. The molecule has 96 valence electrons. The Labute approximate surface area is 105 Å². The number of nitrogens with zero attached hydrogens (tertiary/aromatic N) is 2. The summed E-state index contributed by atoms with van der Waals surface area (Å²) in [6.45, 7) is 5.23. The summed E-state index contributed by atoms with van der Waals surface area (Å²) < 4.78 is 0. The fourth-order valence-corrected chi connectivity index (χ4v) is 2.02. The van der Waals surface area contributed by atoms with Gasteiger partial charge in [0.25, 0.3) is 0 Å². The quantitative estimate of drug-likeness (QED) is 0.751. The zero-order valence-electron chi connectivity index (χ0n) is 11.1. The van der Waals surface area contributed by atoms with Crippen LogP contribution in [0.4, 0.5) is 0 Å². The van der Waals surface area contributed by atoms with Crippen LogP contribution in [0.5, 0.6) is 0 Å². The molecule has 0 saturated carbocycles. The SMILES string of the molecule is CC(CCN)CCCN(C)Cc1cccnc1. The molecule has 3 heteroatoms. The van der Waals surface area contributed by atoms with Crippen LogP contribution in [0, 0.1) is 5.92 Å². The van der Waals surface area contributed by atoms with Gasteiger partial charge >= 0.3 is 0 Å². The molecule has 0 bridgehead atoms. The summed E-state index contributed by atoms with van der Waals surface area (Å²) in [5.41, 5.74) is 6.83. The van der Waals surface area contributed by atoms with Crippen molar-refractivity contribution in [2.75, 3.05) is 20.1 Å². The van der Waals surface area contributed by atoms with Crippen LogP contribution in [0.3, 0.4) is 0 Å². The molecular weight excluding hydrogens is 210 g/mol. The lowest BCUT2D eigenvalue weighted by Crippen LogP contribution is -2.20. The molecular formula is C14H25N3. The standard InChI is InChI=1S/C14H25N3/c1-13(7-8-15)5-4-10-17(2)12-14-6-3-9-16-11-14/h3,6,9,11,13H,4-5,7-8,10,12,15H2,1-2H3. The van der Waals surface area contributed by atoms with Crippen molar-refractivity contribution in [3.8, 4) is 0 Å². The molecule has 1 heterocycles. The van der Waals surface area contributed by atoms with Gasteiger partial charge in [-0.15, -0.1) is 0 Å². The highest BCUT2D eigenvalue weighted by Crippen LogP contribution is 2.10. The predicted molar refractivity (Wildman–Crippen MR) is 72.6 cm³/mol. The minimum absolute atomic E-state index is 0.756. The molecule has 1 unspecified atom stereocenters. The van der Waals surface area contributed by atoms with Crippen LogP contribution in [0.2, 0.25) is 0 Å². The van der Waals surface area contributed by atoms with Crippen molar-refractivity contribution in [3.63, 3.8) is 0 Å². The minimum Gasteiger partial charge on any atom is -0.330 e. The Morgan fingerprint density at radius 3 is 2.88 bits per heavy atom. The molecule has 1 atom stereocenters. The van der Waals surface area contributed by atoms with Crippen LogP contribution in [0.1, 0.15) is 31.7 Å². The van der Waals surface area contributed by atoms with Gasteiger partial charge < -0.3 is 10.6 Å². The van der Waals surface area contributed by atoms with E-state index >= 15 is 0 Å². The van der Waals surface area contributed by atoms with E-state index < -0.39 is 0 Å². The van der Waals surface area contributed by atoms with Crippen molar-refractivity contribution < 1.29 is 0 Å². The van der Waals surface area contributed by atoms with Gasteiger partial charge in [0.1, 0.15) is 0 Å². The van der Waals surface area contributed by atoms with Crippen LogP contribution >= 0.6 is 0 Å². The Balaban J connectivity index is 2.15. The number of aromatic nitrogens is 1. The van der Waals surface area contributed by atoms with Gasteiger partial charge in [-0.3, -0.25) is 4.98 Å². The van der Waals surface area contributed by atoms with Crippen LogP contribution < -0.4 is 5.73 Å². The second-order valence-electron chi connectivity index (χ2n) is 4.92. The average Bonchev–Trinajstić information content (AvgIpc) is 2.30. The first-order chi connectivity index (χ1) is 8.22. The first kappa shape index (κ1) is 14.1. The van der Waals surface area contributed by atoms with E-state index in [1.807, 2.05) is 18.5 Å². The van der Waals surface area contributed by atoms with E-state index in [4.69, 9.17) is 5.73 Å². The highest BCUT2D eigenvalue weighted by atomic mass is 15.1. The maximum atomic E-state index is 5.55. The monoisotopic (exact) mass is 235 g/mol. The van der Waals surface area contributed by atoms with Crippen molar-refractivity contribution >= 4 is 0 Å². The van der Waals surface area contributed by atoms with Crippen LogP contribution in [-0.4, -0.2) is 30.0 Å². The molecule has 0 aliphatic heterocycles. The van der Waals surface area contributed by atoms with E-state index in [1.165, 1.54) is 18.4 Å². The summed E-state index contributed by atoms with van der Waals surface area (Å²) in [7, 11) is 2.17. The molecule has 0 saturated heterocycles. The van der Waals surface area contributed by atoms with E-state index in [0.717, 1.165) is 32.0 Å². The number of pyridine rings is 1. The summed E-state index contributed by atoms with van der Waals surface area (Å²) in [6.07, 6.45) is 7.42. The molecule has 0 radical (unpaired) electrons. The number of rotatable bonds is 8. The Morgan fingerprint density at radius 2 is 2.24 bits per heavy atom. The van der Waals surface area contributed by atoms with Gasteiger partial charge in [0.15, 0.2) is 0 Å². The van der Waals surface area contributed by atoms with Crippen LogP contribution in [0.25, 0.3) is 0 Å². The second kappa shape index (κ2) is 8.20. The third-order valence-corrected chi connectivity index (χ3v) is 3.07. The van der Waals surface area contributed by atoms with Crippen molar-refractivity contribution in [1.82, 2.24) is 9.88 Å². The fourth-order valence-electron chi connectivity index (χ4n) is 2.02. The Kier molecular flexibility index (Phi) is 6.82. The molecule has 0 aliphatic rings. The second-order valence-corrected chi connectivity index (χ2v) is 4.92. The first-order valence-corrected chi connectivity index (χ1v) is 6.50. The predicted octanol–water partition coefficient (Wildman–Crippen LogP) is 2.28. The molecule has 0 spiro atoms. The maximum Gasteiger partial charge on any atom is 0.0312 e. The van der Waals surface area contributed by atoms with Crippen molar-refractivity contribution in [2.45, 2.75) is 32.7 Å². The zero-order chi connectivity index (χ0) is 12.5. The molecule has 1 rings (SSSR count).